The molecule has 2 heterocycles. The Balaban J connectivity index is 1.50. The van der Waals surface area contributed by atoms with Crippen molar-refractivity contribution in [1.29, 1.82) is 0 Å². The van der Waals surface area contributed by atoms with Crippen molar-refractivity contribution in [2.45, 2.75) is 31.3 Å². The lowest BCUT2D eigenvalue weighted by atomic mass is 10.1. The minimum absolute atomic E-state index is 0.0518. The van der Waals surface area contributed by atoms with Gasteiger partial charge in [0.15, 0.2) is 9.84 Å². The fourth-order valence-electron chi connectivity index (χ4n) is 3.34. The molecule has 10 heteroatoms. The summed E-state index contributed by atoms with van der Waals surface area (Å²) in [5.74, 6) is -0.209. The third-order valence-corrected chi connectivity index (χ3v) is 6.65. The Morgan fingerprint density at radius 3 is 2.61 bits per heavy atom. The summed E-state index contributed by atoms with van der Waals surface area (Å²) in [6.45, 7) is 0.204. The first-order valence-electron chi connectivity index (χ1n) is 9.02. The van der Waals surface area contributed by atoms with E-state index in [0.717, 1.165) is 16.2 Å². The van der Waals surface area contributed by atoms with Gasteiger partial charge in [0.05, 0.1) is 25.0 Å². The third kappa shape index (κ3) is 4.80. The van der Waals surface area contributed by atoms with Gasteiger partial charge in [-0.05, 0) is 30.5 Å². The first-order valence-corrected chi connectivity index (χ1v) is 10.8. The fraction of sp³-hybridized carbons (Fsp3) is 0.500. The first-order chi connectivity index (χ1) is 13.3. The minimum atomic E-state index is -3.10. The van der Waals surface area contributed by atoms with Crippen LogP contribution in [-0.4, -0.2) is 68.4 Å². The molecule has 2 aliphatic rings. The molecule has 2 N–H and O–H groups in total. The van der Waals surface area contributed by atoms with Crippen LogP contribution >= 0.6 is 0 Å². The number of amides is 4. The van der Waals surface area contributed by atoms with E-state index in [0.29, 0.717) is 12.8 Å². The maximum atomic E-state index is 12.5. The Morgan fingerprint density at radius 2 is 2.00 bits per heavy atom. The molecule has 0 aromatic heterocycles. The van der Waals surface area contributed by atoms with Crippen molar-refractivity contribution in [3.63, 3.8) is 0 Å². The van der Waals surface area contributed by atoms with Crippen molar-refractivity contribution in [1.82, 2.24) is 15.5 Å². The summed E-state index contributed by atoms with van der Waals surface area (Å²) in [6, 6.07) is 5.43. The van der Waals surface area contributed by atoms with Crippen LogP contribution in [0.1, 0.15) is 18.4 Å². The van der Waals surface area contributed by atoms with Gasteiger partial charge in [-0.3, -0.25) is 14.5 Å². The van der Waals surface area contributed by atoms with E-state index in [1.54, 1.807) is 19.2 Å². The number of nitrogens with zero attached hydrogens (tertiary/aromatic N) is 1. The molecule has 0 radical (unpaired) electrons. The van der Waals surface area contributed by atoms with Crippen LogP contribution in [0.25, 0.3) is 0 Å². The van der Waals surface area contributed by atoms with Crippen molar-refractivity contribution in [3.8, 4) is 5.75 Å². The average Bonchev–Trinajstić information content (AvgIpc) is 3.12. The second-order valence-electron chi connectivity index (χ2n) is 6.96. The molecule has 4 amide bonds. The molecular weight excluding hydrogens is 386 g/mol. The van der Waals surface area contributed by atoms with Crippen LogP contribution in [0, 0.1) is 0 Å². The number of hydrogen-bond acceptors (Lipinski definition) is 6. The standard InChI is InChI=1S/C18H23N3O6S/c1-27-14-4-2-12(3-5-14)6-8-21-17(23)15(20-18(21)24)10-16(22)19-13-7-9-28(25,26)11-13/h2-5,13,15H,6-11H2,1H3,(H,19,22)(H,20,24)/t13-,15+/m1/s1. The highest BCUT2D eigenvalue weighted by Crippen LogP contribution is 2.15. The highest BCUT2D eigenvalue weighted by molar-refractivity contribution is 7.91. The molecule has 2 aliphatic heterocycles. The molecule has 0 unspecified atom stereocenters. The Kier molecular flexibility index (Phi) is 5.87. The Bertz CT molecular complexity index is 868. The van der Waals surface area contributed by atoms with E-state index < -0.39 is 39.8 Å². The molecule has 0 spiro atoms. The van der Waals surface area contributed by atoms with Gasteiger partial charge in [-0.15, -0.1) is 0 Å². The number of nitrogens with one attached hydrogen (secondary N) is 2. The molecule has 152 valence electrons. The summed E-state index contributed by atoms with van der Waals surface area (Å²) >= 11 is 0. The van der Waals surface area contributed by atoms with Crippen molar-refractivity contribution in [2.24, 2.45) is 0 Å². The van der Waals surface area contributed by atoms with Crippen LogP contribution in [0.15, 0.2) is 24.3 Å². The number of benzene rings is 1. The monoisotopic (exact) mass is 409 g/mol. The first kappa shape index (κ1) is 20.1. The zero-order valence-corrected chi connectivity index (χ0v) is 16.3. The van der Waals surface area contributed by atoms with Crippen LogP contribution < -0.4 is 15.4 Å². The van der Waals surface area contributed by atoms with E-state index >= 15 is 0 Å². The SMILES string of the molecule is COc1ccc(CCN2C(=O)N[C@@H](CC(=O)N[C@@H]3CCS(=O)(=O)C3)C2=O)cc1. The summed E-state index contributed by atoms with van der Waals surface area (Å²) in [5.41, 5.74) is 0.949. The number of urea groups is 1. The molecule has 1 aromatic rings. The number of hydrogen-bond donors (Lipinski definition) is 2. The van der Waals surface area contributed by atoms with Gasteiger partial charge in [0.25, 0.3) is 5.91 Å². The molecule has 2 fully saturated rings. The zero-order chi connectivity index (χ0) is 20.3. The van der Waals surface area contributed by atoms with Crippen LogP contribution in [0.5, 0.6) is 5.75 Å². The van der Waals surface area contributed by atoms with Gasteiger partial charge in [-0.1, -0.05) is 12.1 Å². The lowest BCUT2D eigenvalue weighted by Gasteiger charge is -2.14. The summed E-state index contributed by atoms with van der Waals surface area (Å²) in [5, 5.41) is 5.15. The summed E-state index contributed by atoms with van der Waals surface area (Å²) < 4.78 is 28.0. The lowest BCUT2D eigenvalue weighted by molar-refractivity contribution is -0.131. The number of ether oxygens (including phenoxy) is 1. The molecule has 9 nitrogen and oxygen atoms in total. The second-order valence-corrected chi connectivity index (χ2v) is 9.19. The molecule has 2 saturated heterocycles. The van der Waals surface area contributed by atoms with E-state index in [2.05, 4.69) is 10.6 Å². The largest absolute Gasteiger partial charge is 0.497 e. The van der Waals surface area contributed by atoms with E-state index in [-0.39, 0.29) is 24.5 Å². The third-order valence-electron chi connectivity index (χ3n) is 4.88. The zero-order valence-electron chi connectivity index (χ0n) is 15.5. The fourth-order valence-corrected chi connectivity index (χ4v) is 5.01. The van der Waals surface area contributed by atoms with Crippen LogP contribution in [0.2, 0.25) is 0 Å². The van der Waals surface area contributed by atoms with Gasteiger partial charge in [0, 0.05) is 12.6 Å². The Morgan fingerprint density at radius 1 is 1.29 bits per heavy atom. The molecule has 0 saturated carbocycles. The summed E-state index contributed by atoms with van der Waals surface area (Å²) in [6.07, 6.45) is 0.648. The number of imide groups is 1. The summed E-state index contributed by atoms with van der Waals surface area (Å²) in [7, 11) is -1.53. The van der Waals surface area contributed by atoms with E-state index in [1.807, 2.05) is 12.1 Å². The van der Waals surface area contributed by atoms with Crippen LogP contribution in [0.3, 0.4) is 0 Å². The predicted octanol–water partition coefficient (Wildman–Crippen LogP) is -0.148. The smallest absolute Gasteiger partial charge is 0.324 e. The van der Waals surface area contributed by atoms with Gasteiger partial charge in [0.2, 0.25) is 5.91 Å². The van der Waals surface area contributed by atoms with Crippen molar-refractivity contribution >= 4 is 27.7 Å². The highest BCUT2D eigenvalue weighted by Gasteiger charge is 2.39. The van der Waals surface area contributed by atoms with E-state index in [4.69, 9.17) is 4.74 Å². The van der Waals surface area contributed by atoms with E-state index in [1.165, 1.54) is 0 Å². The number of carbonyl (C=O) groups excluding carboxylic acids is 3. The maximum Gasteiger partial charge on any atom is 0.324 e. The molecule has 1 aromatic carbocycles. The van der Waals surface area contributed by atoms with Crippen LogP contribution in [0.4, 0.5) is 4.79 Å². The van der Waals surface area contributed by atoms with Crippen LogP contribution in [-0.2, 0) is 25.8 Å². The van der Waals surface area contributed by atoms with Crippen molar-refractivity contribution in [3.05, 3.63) is 29.8 Å². The molecule has 0 aliphatic carbocycles. The normalized spacial score (nSPS) is 23.5. The van der Waals surface area contributed by atoms with Crippen molar-refractivity contribution in [2.75, 3.05) is 25.2 Å². The topological polar surface area (TPSA) is 122 Å². The average molecular weight is 409 g/mol. The lowest BCUT2D eigenvalue weighted by Crippen LogP contribution is -2.41. The predicted molar refractivity (Wildman–Crippen MR) is 101 cm³/mol. The maximum absolute atomic E-state index is 12.5. The number of sulfone groups is 1. The summed E-state index contributed by atoms with van der Waals surface area (Å²) in [4.78, 5) is 37.8. The van der Waals surface area contributed by atoms with Gasteiger partial charge in [0.1, 0.15) is 11.8 Å². The van der Waals surface area contributed by atoms with Gasteiger partial charge < -0.3 is 15.4 Å². The van der Waals surface area contributed by atoms with E-state index in [9.17, 15) is 22.8 Å². The van der Waals surface area contributed by atoms with Gasteiger partial charge >= 0.3 is 6.03 Å². The quantitative estimate of drug-likeness (QED) is 0.604. The number of methoxy groups -OCH3 is 1. The molecule has 0 bridgehead atoms. The number of rotatable bonds is 7. The number of carbonyl (C=O) groups is 3. The minimum Gasteiger partial charge on any atom is -0.497 e. The van der Waals surface area contributed by atoms with Crippen molar-refractivity contribution < 1.29 is 27.5 Å². The molecular formula is C18H23N3O6S. The van der Waals surface area contributed by atoms with Gasteiger partial charge in [-0.25, -0.2) is 13.2 Å². The second kappa shape index (κ2) is 8.17. The highest BCUT2D eigenvalue weighted by atomic mass is 32.2. The molecule has 2 atom stereocenters. The molecule has 3 rings (SSSR count). The molecule has 28 heavy (non-hydrogen) atoms. The Hall–Kier alpha value is -2.62. The Labute approximate surface area is 163 Å². The van der Waals surface area contributed by atoms with Gasteiger partial charge in [-0.2, -0.15) is 0 Å².